The molecule has 1 amide bonds. The maximum absolute atomic E-state index is 14.8. The van der Waals surface area contributed by atoms with Gasteiger partial charge in [0.05, 0.1) is 11.9 Å². The summed E-state index contributed by atoms with van der Waals surface area (Å²) in [6, 6.07) is 3.25. The minimum atomic E-state index is -0.459. The molecule has 3 aromatic rings. The molecule has 35 heavy (non-hydrogen) atoms. The van der Waals surface area contributed by atoms with E-state index in [1.165, 1.54) is 6.07 Å². The molecule has 3 heterocycles. The molecule has 1 aliphatic carbocycles. The van der Waals surface area contributed by atoms with E-state index in [1.807, 2.05) is 4.57 Å². The van der Waals surface area contributed by atoms with Gasteiger partial charge >= 0.3 is 0 Å². The molecule has 4 N–H and O–H groups in total. The first-order valence-corrected chi connectivity index (χ1v) is 12.4. The molecule has 2 aliphatic rings. The number of imidazole rings is 1. The summed E-state index contributed by atoms with van der Waals surface area (Å²) in [5.74, 6) is 0.148. The molecule has 11 heteroatoms. The van der Waals surface area contributed by atoms with Crippen LogP contribution in [0.4, 0.5) is 22.0 Å². The first-order chi connectivity index (χ1) is 16.9. The second-order valence-corrected chi connectivity index (χ2v) is 9.79. The third-order valence-electron chi connectivity index (χ3n) is 6.94. The van der Waals surface area contributed by atoms with Gasteiger partial charge in [-0.2, -0.15) is 4.98 Å². The predicted molar refractivity (Wildman–Crippen MR) is 132 cm³/mol. The third-order valence-corrected chi connectivity index (χ3v) is 7.16. The van der Waals surface area contributed by atoms with Crippen LogP contribution in [0.25, 0.3) is 11.2 Å². The van der Waals surface area contributed by atoms with Crippen LogP contribution < -0.4 is 16.4 Å². The van der Waals surface area contributed by atoms with Gasteiger partial charge in [-0.15, -0.1) is 0 Å². The van der Waals surface area contributed by atoms with Crippen LogP contribution >= 0.6 is 11.6 Å². The highest BCUT2D eigenvalue weighted by Gasteiger charge is 2.29. The molecule has 5 rings (SSSR count). The van der Waals surface area contributed by atoms with E-state index in [-0.39, 0.29) is 23.9 Å². The third kappa shape index (κ3) is 5.04. The van der Waals surface area contributed by atoms with Crippen LogP contribution in [0.15, 0.2) is 18.3 Å². The molecule has 9 nitrogen and oxygen atoms in total. The Hall–Kier alpha value is -2.98. The van der Waals surface area contributed by atoms with Crippen LogP contribution in [0, 0.1) is 18.7 Å². The van der Waals surface area contributed by atoms with Crippen molar-refractivity contribution in [2.75, 3.05) is 23.8 Å². The lowest BCUT2D eigenvalue weighted by atomic mass is 9.85. The van der Waals surface area contributed by atoms with E-state index in [0.29, 0.717) is 65.4 Å². The molecule has 1 saturated carbocycles. The van der Waals surface area contributed by atoms with Crippen molar-refractivity contribution in [1.82, 2.24) is 19.5 Å². The number of primary amides is 1. The number of amides is 1. The Kier molecular flexibility index (Phi) is 6.75. The van der Waals surface area contributed by atoms with Gasteiger partial charge in [0.2, 0.25) is 17.8 Å². The van der Waals surface area contributed by atoms with Crippen molar-refractivity contribution in [2.24, 2.45) is 11.7 Å². The first-order valence-electron chi connectivity index (χ1n) is 12.0. The zero-order valence-electron chi connectivity index (χ0n) is 19.6. The largest absolute Gasteiger partial charge is 0.381 e. The highest BCUT2D eigenvalue weighted by Crippen LogP contribution is 2.38. The molecule has 2 aromatic heterocycles. The second-order valence-electron chi connectivity index (χ2n) is 9.35. The number of nitrogens with two attached hydrogens (primary N) is 1. The number of carbonyl (C=O) groups excluding carboxylic acids is 1. The van der Waals surface area contributed by atoms with E-state index in [4.69, 9.17) is 32.0 Å². The Bertz CT molecular complexity index is 1210. The lowest BCUT2D eigenvalue weighted by Crippen LogP contribution is -2.29. The summed E-state index contributed by atoms with van der Waals surface area (Å²) in [4.78, 5) is 25.7. The van der Waals surface area contributed by atoms with Gasteiger partial charge in [0.1, 0.15) is 11.3 Å². The monoisotopic (exact) mass is 501 g/mol. The summed E-state index contributed by atoms with van der Waals surface area (Å²) < 4.78 is 22.3. The van der Waals surface area contributed by atoms with Crippen molar-refractivity contribution in [3.05, 3.63) is 34.7 Å². The number of benzene rings is 1. The first kappa shape index (κ1) is 23.7. The fraction of sp³-hybridized carbons (Fsp3) is 0.500. The topological polar surface area (TPSA) is 120 Å². The van der Waals surface area contributed by atoms with E-state index in [9.17, 15) is 9.18 Å². The Morgan fingerprint density at radius 3 is 2.60 bits per heavy atom. The summed E-state index contributed by atoms with van der Waals surface area (Å²) in [6.45, 7) is 3.21. The molecule has 2 fully saturated rings. The maximum Gasteiger partial charge on any atom is 0.224 e. The molecule has 0 atom stereocenters. The predicted octanol–water partition coefficient (Wildman–Crippen LogP) is 4.48. The summed E-state index contributed by atoms with van der Waals surface area (Å²) in [5, 5.41) is 6.92. The molecule has 0 bridgehead atoms. The number of nitrogens with one attached hydrogen (secondary N) is 2. The normalized spacial score (nSPS) is 21.2. The highest BCUT2D eigenvalue weighted by atomic mass is 35.5. The zero-order chi connectivity index (χ0) is 24.5. The molecule has 0 unspecified atom stereocenters. The number of ether oxygens (including phenoxy) is 1. The lowest BCUT2D eigenvalue weighted by molar-refractivity contribution is -0.122. The minimum Gasteiger partial charge on any atom is -0.381 e. The van der Waals surface area contributed by atoms with Crippen LogP contribution in [0.5, 0.6) is 0 Å². The standard InChI is InChI=1S/C24H29ClFN7O2/c1-13-10-15(25)11-18(26)20(13)31-24-30-19-12-28-23(29-16-6-8-35-9-7-16)32-22(19)33(24)17-4-2-14(3-5-17)21(27)34/h10-12,14,16-17H,2-9H2,1H3,(H2,27,34)(H,30,31)(H,28,29,32)/t14-,17+. The van der Waals surface area contributed by atoms with Gasteiger partial charge < -0.3 is 21.1 Å². The number of hydrogen-bond acceptors (Lipinski definition) is 7. The Morgan fingerprint density at radius 1 is 1.17 bits per heavy atom. The minimum absolute atomic E-state index is 0.0274. The van der Waals surface area contributed by atoms with E-state index in [2.05, 4.69) is 15.6 Å². The van der Waals surface area contributed by atoms with Crippen LogP contribution in [0.1, 0.15) is 50.1 Å². The second kappa shape index (κ2) is 9.94. The van der Waals surface area contributed by atoms with Gasteiger partial charge in [0.15, 0.2) is 5.65 Å². The molecule has 1 aromatic carbocycles. The summed E-state index contributed by atoms with van der Waals surface area (Å²) in [5.41, 5.74) is 7.79. The number of anilines is 3. The Morgan fingerprint density at radius 2 is 1.91 bits per heavy atom. The quantitative estimate of drug-likeness (QED) is 0.455. The van der Waals surface area contributed by atoms with E-state index < -0.39 is 5.82 Å². The SMILES string of the molecule is Cc1cc(Cl)cc(F)c1Nc1nc2cnc(NC3CCOCC3)nc2n1[C@H]1CC[C@@H](C(N)=O)CC1. The van der Waals surface area contributed by atoms with Gasteiger partial charge in [-0.05, 0) is 63.1 Å². The molecule has 1 saturated heterocycles. The van der Waals surface area contributed by atoms with E-state index >= 15 is 0 Å². The number of halogens is 2. The van der Waals surface area contributed by atoms with Gasteiger partial charge in [-0.1, -0.05) is 11.6 Å². The molecule has 186 valence electrons. The number of hydrogen-bond donors (Lipinski definition) is 3. The van der Waals surface area contributed by atoms with Crippen LogP contribution in [0.3, 0.4) is 0 Å². The fourth-order valence-electron chi connectivity index (χ4n) is 5.01. The van der Waals surface area contributed by atoms with Gasteiger partial charge in [-0.25, -0.2) is 14.4 Å². The van der Waals surface area contributed by atoms with Crippen LogP contribution in [-0.2, 0) is 9.53 Å². The van der Waals surface area contributed by atoms with Crippen molar-refractivity contribution in [3.8, 4) is 0 Å². The van der Waals surface area contributed by atoms with Gasteiger partial charge in [0, 0.05) is 36.2 Å². The molecule has 1 aliphatic heterocycles. The number of carbonyl (C=O) groups is 1. The molecule has 0 spiro atoms. The van der Waals surface area contributed by atoms with Crippen molar-refractivity contribution >= 4 is 46.3 Å². The van der Waals surface area contributed by atoms with Crippen molar-refractivity contribution in [1.29, 1.82) is 0 Å². The van der Waals surface area contributed by atoms with Crippen LogP contribution in [0.2, 0.25) is 5.02 Å². The summed E-state index contributed by atoms with van der Waals surface area (Å²) in [7, 11) is 0. The average Bonchev–Trinajstić information content (AvgIpc) is 3.19. The Balaban J connectivity index is 1.52. The summed E-state index contributed by atoms with van der Waals surface area (Å²) >= 11 is 6.02. The Labute approximate surface area is 207 Å². The number of aryl methyl sites for hydroxylation is 1. The van der Waals surface area contributed by atoms with Crippen molar-refractivity contribution < 1.29 is 13.9 Å². The van der Waals surface area contributed by atoms with E-state index in [0.717, 1.165) is 25.7 Å². The zero-order valence-corrected chi connectivity index (χ0v) is 20.3. The number of aromatic nitrogens is 4. The lowest BCUT2D eigenvalue weighted by Gasteiger charge is -2.29. The smallest absolute Gasteiger partial charge is 0.224 e. The van der Waals surface area contributed by atoms with Crippen LogP contribution in [-0.4, -0.2) is 44.7 Å². The van der Waals surface area contributed by atoms with Crippen molar-refractivity contribution in [3.63, 3.8) is 0 Å². The molecule has 0 radical (unpaired) electrons. The number of nitrogens with zero attached hydrogens (tertiary/aromatic N) is 4. The van der Waals surface area contributed by atoms with Crippen molar-refractivity contribution in [2.45, 2.75) is 57.5 Å². The van der Waals surface area contributed by atoms with Gasteiger partial charge in [0.25, 0.3) is 0 Å². The number of fused-ring (bicyclic) bond motifs is 1. The molecular formula is C24H29ClFN7O2. The van der Waals surface area contributed by atoms with Gasteiger partial charge in [-0.3, -0.25) is 9.36 Å². The van der Waals surface area contributed by atoms with E-state index in [1.54, 1.807) is 19.2 Å². The highest BCUT2D eigenvalue weighted by molar-refractivity contribution is 6.30. The number of rotatable bonds is 6. The maximum atomic E-state index is 14.8. The fourth-order valence-corrected chi connectivity index (χ4v) is 5.27. The summed E-state index contributed by atoms with van der Waals surface area (Å²) in [6.07, 6.45) is 6.31. The average molecular weight is 502 g/mol. The molecular weight excluding hydrogens is 473 g/mol.